The van der Waals surface area contributed by atoms with Gasteiger partial charge in [0, 0.05) is 5.56 Å². The normalized spacial score (nSPS) is 10.9. The Bertz CT molecular complexity index is 969. The summed E-state index contributed by atoms with van der Waals surface area (Å²) in [6.07, 6.45) is 1.35. The molecule has 0 bridgehead atoms. The van der Waals surface area contributed by atoms with Gasteiger partial charge in [0.1, 0.15) is 5.75 Å². The van der Waals surface area contributed by atoms with Crippen LogP contribution >= 0.6 is 0 Å². The Labute approximate surface area is 157 Å². The highest BCUT2D eigenvalue weighted by Gasteiger charge is 2.06. The van der Waals surface area contributed by atoms with Crippen molar-refractivity contribution in [1.82, 2.24) is 5.43 Å². The summed E-state index contributed by atoms with van der Waals surface area (Å²) < 4.78 is 10.8. The minimum atomic E-state index is -0.403. The molecule has 0 aromatic heterocycles. The number of carbonyl (C=O) groups is 1. The second-order valence-electron chi connectivity index (χ2n) is 5.72. The lowest BCUT2D eigenvalue weighted by Crippen LogP contribution is -2.24. The van der Waals surface area contributed by atoms with Gasteiger partial charge in [0.2, 0.25) is 0 Å². The standard InChI is InChI=1S/C21H20N2O4/c1-2-26-19-9-5-8-17(21(19)25)13-22-23-20(24)14-27-18-11-10-15-6-3-4-7-16(15)12-18/h3-13,25H,2,14H2,1H3,(H,23,24)/b22-13+. The number of phenols is 1. The zero-order chi connectivity index (χ0) is 19.1. The fourth-order valence-corrected chi connectivity index (χ4v) is 2.53. The van der Waals surface area contributed by atoms with E-state index in [1.54, 1.807) is 18.2 Å². The molecule has 6 heteroatoms. The maximum Gasteiger partial charge on any atom is 0.277 e. The number of rotatable bonds is 7. The van der Waals surface area contributed by atoms with Crippen LogP contribution in [0, 0.1) is 0 Å². The van der Waals surface area contributed by atoms with Gasteiger partial charge in [-0.05, 0) is 42.0 Å². The van der Waals surface area contributed by atoms with Crippen LogP contribution in [0.15, 0.2) is 65.8 Å². The average Bonchev–Trinajstić information content (AvgIpc) is 2.69. The Balaban J connectivity index is 1.55. The number of amides is 1. The molecule has 0 atom stereocenters. The monoisotopic (exact) mass is 364 g/mol. The van der Waals surface area contributed by atoms with Gasteiger partial charge < -0.3 is 14.6 Å². The minimum Gasteiger partial charge on any atom is -0.504 e. The number of carbonyl (C=O) groups excluding carboxylic acids is 1. The van der Waals surface area contributed by atoms with Crippen molar-refractivity contribution in [1.29, 1.82) is 0 Å². The summed E-state index contributed by atoms with van der Waals surface area (Å²) in [5.41, 5.74) is 2.81. The van der Waals surface area contributed by atoms with Gasteiger partial charge in [-0.1, -0.05) is 36.4 Å². The summed E-state index contributed by atoms with van der Waals surface area (Å²) in [5.74, 6) is 0.548. The van der Waals surface area contributed by atoms with Gasteiger partial charge in [0.25, 0.3) is 5.91 Å². The lowest BCUT2D eigenvalue weighted by atomic mass is 10.1. The van der Waals surface area contributed by atoms with Crippen molar-refractivity contribution in [2.75, 3.05) is 13.2 Å². The molecule has 6 nitrogen and oxygen atoms in total. The van der Waals surface area contributed by atoms with E-state index < -0.39 is 5.91 Å². The van der Waals surface area contributed by atoms with Gasteiger partial charge in [0.05, 0.1) is 12.8 Å². The summed E-state index contributed by atoms with van der Waals surface area (Å²) in [6, 6.07) is 18.6. The van der Waals surface area contributed by atoms with Crippen LogP contribution in [-0.2, 0) is 4.79 Å². The number of para-hydroxylation sites is 1. The molecule has 1 amide bonds. The van der Waals surface area contributed by atoms with E-state index in [0.717, 1.165) is 10.8 Å². The summed E-state index contributed by atoms with van der Waals surface area (Å²) in [4.78, 5) is 11.9. The van der Waals surface area contributed by atoms with Gasteiger partial charge in [-0.2, -0.15) is 5.10 Å². The molecule has 0 radical (unpaired) electrons. The van der Waals surface area contributed by atoms with E-state index in [1.165, 1.54) is 6.21 Å². The van der Waals surface area contributed by atoms with Crippen molar-refractivity contribution in [3.8, 4) is 17.2 Å². The van der Waals surface area contributed by atoms with Crippen molar-refractivity contribution in [2.24, 2.45) is 5.10 Å². The molecule has 0 aliphatic rings. The number of hydrogen-bond acceptors (Lipinski definition) is 5. The number of ether oxygens (including phenoxy) is 2. The van der Waals surface area contributed by atoms with Crippen LogP contribution < -0.4 is 14.9 Å². The SMILES string of the molecule is CCOc1cccc(/C=N/NC(=O)COc2ccc3ccccc3c2)c1O. The highest BCUT2D eigenvalue weighted by molar-refractivity contribution is 5.87. The molecule has 0 saturated carbocycles. The first-order valence-corrected chi connectivity index (χ1v) is 8.55. The van der Waals surface area contributed by atoms with Crippen molar-refractivity contribution >= 4 is 22.9 Å². The number of fused-ring (bicyclic) bond motifs is 1. The molecular formula is C21H20N2O4. The molecule has 0 heterocycles. The Kier molecular flexibility index (Phi) is 5.89. The summed E-state index contributed by atoms with van der Waals surface area (Å²) >= 11 is 0. The quantitative estimate of drug-likeness (QED) is 0.497. The molecule has 3 aromatic carbocycles. The third-order valence-corrected chi connectivity index (χ3v) is 3.81. The average molecular weight is 364 g/mol. The van der Waals surface area contributed by atoms with Crippen LogP contribution in [0.2, 0.25) is 0 Å². The first-order chi connectivity index (χ1) is 13.2. The van der Waals surface area contributed by atoms with Crippen LogP contribution in [0.25, 0.3) is 10.8 Å². The van der Waals surface area contributed by atoms with Crippen LogP contribution in [0.5, 0.6) is 17.2 Å². The summed E-state index contributed by atoms with van der Waals surface area (Å²) in [7, 11) is 0. The molecule has 3 rings (SSSR count). The molecule has 0 saturated heterocycles. The van der Waals surface area contributed by atoms with Crippen LogP contribution in [0.1, 0.15) is 12.5 Å². The van der Waals surface area contributed by atoms with Crippen LogP contribution in [-0.4, -0.2) is 30.4 Å². The number of aromatic hydroxyl groups is 1. The van der Waals surface area contributed by atoms with Gasteiger partial charge in [-0.3, -0.25) is 4.79 Å². The van der Waals surface area contributed by atoms with Crippen molar-refractivity contribution in [3.63, 3.8) is 0 Å². The molecule has 0 aliphatic carbocycles. The van der Waals surface area contributed by atoms with Crippen molar-refractivity contribution < 1.29 is 19.4 Å². The number of nitrogens with one attached hydrogen (secondary N) is 1. The van der Waals surface area contributed by atoms with Gasteiger partial charge >= 0.3 is 0 Å². The molecule has 0 unspecified atom stereocenters. The third kappa shape index (κ3) is 4.76. The number of nitrogens with zero attached hydrogens (tertiary/aromatic N) is 1. The fraction of sp³-hybridized carbons (Fsp3) is 0.143. The topological polar surface area (TPSA) is 80.2 Å². The highest BCUT2D eigenvalue weighted by Crippen LogP contribution is 2.28. The van der Waals surface area contributed by atoms with E-state index in [4.69, 9.17) is 9.47 Å². The second-order valence-corrected chi connectivity index (χ2v) is 5.72. The van der Waals surface area contributed by atoms with Crippen molar-refractivity contribution in [2.45, 2.75) is 6.92 Å². The van der Waals surface area contributed by atoms with E-state index in [-0.39, 0.29) is 12.4 Å². The zero-order valence-corrected chi connectivity index (χ0v) is 14.9. The smallest absolute Gasteiger partial charge is 0.277 e. The fourth-order valence-electron chi connectivity index (χ4n) is 2.53. The zero-order valence-electron chi connectivity index (χ0n) is 14.9. The molecule has 27 heavy (non-hydrogen) atoms. The van der Waals surface area contributed by atoms with E-state index in [9.17, 15) is 9.90 Å². The van der Waals surface area contributed by atoms with Gasteiger partial charge in [-0.15, -0.1) is 0 Å². The van der Waals surface area contributed by atoms with Crippen LogP contribution in [0.3, 0.4) is 0 Å². The predicted octanol–water partition coefficient (Wildman–Crippen LogP) is 3.47. The molecule has 0 aliphatic heterocycles. The van der Waals surface area contributed by atoms with Gasteiger partial charge in [0.15, 0.2) is 18.1 Å². The Morgan fingerprint density at radius 1 is 1.07 bits per heavy atom. The number of benzene rings is 3. The maximum atomic E-state index is 11.9. The lowest BCUT2D eigenvalue weighted by Gasteiger charge is -2.07. The maximum absolute atomic E-state index is 11.9. The Morgan fingerprint density at radius 2 is 1.89 bits per heavy atom. The molecule has 3 aromatic rings. The molecule has 0 spiro atoms. The highest BCUT2D eigenvalue weighted by atomic mass is 16.5. The molecular weight excluding hydrogens is 344 g/mol. The Hall–Kier alpha value is -3.54. The van der Waals surface area contributed by atoms with Crippen LogP contribution in [0.4, 0.5) is 0 Å². The second kappa shape index (κ2) is 8.71. The largest absolute Gasteiger partial charge is 0.504 e. The number of hydrazone groups is 1. The minimum absolute atomic E-state index is 0.0234. The molecule has 2 N–H and O–H groups in total. The molecule has 138 valence electrons. The van der Waals surface area contributed by atoms with E-state index in [2.05, 4.69) is 10.5 Å². The number of phenolic OH excluding ortho intramolecular Hbond substituents is 1. The lowest BCUT2D eigenvalue weighted by molar-refractivity contribution is -0.123. The number of hydrogen-bond donors (Lipinski definition) is 2. The third-order valence-electron chi connectivity index (χ3n) is 3.81. The predicted molar refractivity (Wildman–Crippen MR) is 104 cm³/mol. The van der Waals surface area contributed by atoms with E-state index >= 15 is 0 Å². The van der Waals surface area contributed by atoms with E-state index in [0.29, 0.717) is 23.7 Å². The first kappa shape index (κ1) is 18.3. The summed E-state index contributed by atoms with van der Waals surface area (Å²) in [6.45, 7) is 2.10. The van der Waals surface area contributed by atoms with E-state index in [1.807, 2.05) is 49.4 Å². The van der Waals surface area contributed by atoms with Crippen molar-refractivity contribution in [3.05, 3.63) is 66.2 Å². The molecule has 0 fully saturated rings. The summed E-state index contributed by atoms with van der Waals surface area (Å²) in [5, 5.41) is 16.1. The Morgan fingerprint density at radius 3 is 2.70 bits per heavy atom. The van der Waals surface area contributed by atoms with Gasteiger partial charge in [-0.25, -0.2) is 5.43 Å². The first-order valence-electron chi connectivity index (χ1n) is 8.55.